The minimum Gasteiger partial charge on any atom is -0.481 e. The molecule has 3 N–H and O–H groups in total. The molecule has 0 aliphatic rings. The molecule has 0 radical (unpaired) electrons. The molecule has 0 aliphatic heterocycles. The van der Waals surface area contributed by atoms with E-state index in [2.05, 4.69) is 9.97 Å². The number of nitrogens with zero attached hydrogens (tertiary/aromatic N) is 1. The van der Waals surface area contributed by atoms with Crippen LogP contribution in [0.2, 0.25) is 0 Å². The summed E-state index contributed by atoms with van der Waals surface area (Å²) in [5, 5.41) is 0.453. The molecular weight excluding hydrogens is 338 g/mol. The van der Waals surface area contributed by atoms with Gasteiger partial charge in [-0.15, -0.1) is 0 Å². The molecule has 1 amide bonds. The number of rotatable bonds is 6. The van der Waals surface area contributed by atoms with E-state index in [9.17, 15) is 14.4 Å². The Morgan fingerprint density at radius 1 is 1.08 bits per heavy atom. The maximum atomic E-state index is 12.0. The largest absolute Gasteiger partial charge is 0.481 e. The highest BCUT2D eigenvalue weighted by Crippen LogP contribution is 2.17. The number of fused-ring (bicyclic) bond motifs is 1. The van der Waals surface area contributed by atoms with Gasteiger partial charge in [-0.1, -0.05) is 24.3 Å². The third-order valence-corrected chi connectivity index (χ3v) is 3.53. The number of ether oxygens (including phenoxy) is 2. The Labute approximate surface area is 147 Å². The number of carbonyl (C=O) groups is 2. The number of H-pyrrole nitrogens is 1. The van der Waals surface area contributed by atoms with Crippen LogP contribution in [0.4, 0.5) is 0 Å². The van der Waals surface area contributed by atoms with Crippen molar-refractivity contribution in [3.63, 3.8) is 0 Å². The normalized spacial score (nSPS) is 10.5. The zero-order valence-electron chi connectivity index (χ0n) is 13.6. The number of nitrogens with one attached hydrogen (secondary N) is 1. The summed E-state index contributed by atoms with van der Waals surface area (Å²) >= 11 is 0. The molecule has 8 heteroatoms. The first-order chi connectivity index (χ1) is 12.5. The molecule has 132 valence electrons. The van der Waals surface area contributed by atoms with Gasteiger partial charge in [-0.3, -0.25) is 9.59 Å². The van der Waals surface area contributed by atoms with Crippen molar-refractivity contribution in [2.45, 2.75) is 6.61 Å². The second kappa shape index (κ2) is 7.47. The van der Waals surface area contributed by atoms with Gasteiger partial charge in [0, 0.05) is 0 Å². The lowest BCUT2D eigenvalue weighted by Gasteiger charge is -2.09. The molecule has 0 spiro atoms. The van der Waals surface area contributed by atoms with Gasteiger partial charge in [-0.2, -0.15) is 0 Å². The van der Waals surface area contributed by atoms with E-state index in [-0.39, 0.29) is 29.3 Å². The lowest BCUT2D eigenvalue weighted by Crippen LogP contribution is -2.19. The van der Waals surface area contributed by atoms with Gasteiger partial charge in [0.15, 0.2) is 6.61 Å². The average Bonchev–Trinajstić information content (AvgIpc) is 2.65. The average molecular weight is 353 g/mol. The van der Waals surface area contributed by atoms with Crippen LogP contribution < -0.4 is 16.0 Å². The quantitative estimate of drug-likeness (QED) is 0.641. The Kier molecular flexibility index (Phi) is 4.93. The summed E-state index contributed by atoms with van der Waals surface area (Å²) < 4.78 is 10.3. The molecule has 3 rings (SSSR count). The standard InChI is InChI=1S/C18H15N3O5/c19-17(23)12-6-2-4-8-14(12)25-10-16(22)26-9-15-20-13-7-3-1-5-11(13)18(24)21-15/h1-8H,9-10H2,(H2,19,23)(H,20,21,24). The SMILES string of the molecule is NC(=O)c1ccccc1OCC(=O)OCc1nc2ccccc2c(=O)[nH]1. The topological polar surface area (TPSA) is 124 Å². The molecule has 0 saturated heterocycles. The number of carbonyl (C=O) groups excluding carboxylic acids is 2. The maximum Gasteiger partial charge on any atom is 0.344 e. The zero-order chi connectivity index (χ0) is 18.5. The number of hydrogen-bond donors (Lipinski definition) is 2. The van der Waals surface area contributed by atoms with Crippen LogP contribution in [0.15, 0.2) is 53.3 Å². The van der Waals surface area contributed by atoms with Crippen LogP contribution in [0, 0.1) is 0 Å². The first kappa shape index (κ1) is 17.2. The number of primary amides is 1. The van der Waals surface area contributed by atoms with E-state index in [1.54, 1.807) is 36.4 Å². The molecule has 26 heavy (non-hydrogen) atoms. The van der Waals surface area contributed by atoms with E-state index in [4.69, 9.17) is 15.2 Å². The molecule has 0 atom stereocenters. The summed E-state index contributed by atoms with van der Waals surface area (Å²) in [6.07, 6.45) is 0. The Balaban J connectivity index is 1.61. The molecule has 0 bridgehead atoms. The first-order valence-electron chi connectivity index (χ1n) is 7.70. The highest BCUT2D eigenvalue weighted by atomic mass is 16.6. The predicted octanol–water partition coefficient (Wildman–Crippen LogP) is 1.14. The van der Waals surface area contributed by atoms with E-state index in [1.807, 2.05) is 0 Å². The molecule has 0 aliphatic carbocycles. The van der Waals surface area contributed by atoms with Crippen molar-refractivity contribution in [2.75, 3.05) is 6.61 Å². The Bertz CT molecular complexity index is 1030. The van der Waals surface area contributed by atoms with E-state index in [0.29, 0.717) is 10.9 Å². The van der Waals surface area contributed by atoms with E-state index in [0.717, 1.165) is 0 Å². The number of benzene rings is 2. The van der Waals surface area contributed by atoms with Gasteiger partial charge in [-0.25, -0.2) is 9.78 Å². The number of para-hydroxylation sites is 2. The van der Waals surface area contributed by atoms with Crippen LogP contribution in [0.3, 0.4) is 0 Å². The second-order valence-electron chi connectivity index (χ2n) is 5.34. The first-order valence-corrected chi connectivity index (χ1v) is 7.70. The number of aromatic amines is 1. The second-order valence-corrected chi connectivity index (χ2v) is 5.34. The summed E-state index contributed by atoms with van der Waals surface area (Å²) in [6.45, 7) is -0.623. The van der Waals surface area contributed by atoms with Gasteiger partial charge < -0.3 is 20.2 Å². The van der Waals surface area contributed by atoms with Gasteiger partial charge in [0.2, 0.25) is 0 Å². The number of amides is 1. The predicted molar refractivity (Wildman–Crippen MR) is 92.6 cm³/mol. The summed E-state index contributed by atoms with van der Waals surface area (Å²) in [4.78, 5) is 41.9. The van der Waals surface area contributed by atoms with E-state index in [1.165, 1.54) is 12.1 Å². The molecule has 1 aromatic heterocycles. The Morgan fingerprint density at radius 3 is 2.62 bits per heavy atom. The molecule has 8 nitrogen and oxygen atoms in total. The smallest absolute Gasteiger partial charge is 0.344 e. The summed E-state index contributed by atoms with van der Waals surface area (Å²) in [7, 11) is 0. The molecule has 0 unspecified atom stereocenters. The number of aromatic nitrogens is 2. The molecule has 2 aromatic carbocycles. The highest BCUT2D eigenvalue weighted by Gasteiger charge is 2.12. The molecular formula is C18H15N3O5. The van der Waals surface area contributed by atoms with Gasteiger partial charge >= 0.3 is 5.97 Å². The lowest BCUT2D eigenvalue weighted by molar-refractivity contribution is -0.147. The van der Waals surface area contributed by atoms with Crippen molar-refractivity contribution >= 4 is 22.8 Å². The van der Waals surface area contributed by atoms with Crippen LogP contribution in [-0.2, 0) is 16.1 Å². The van der Waals surface area contributed by atoms with Crippen LogP contribution in [0.25, 0.3) is 10.9 Å². The zero-order valence-corrected chi connectivity index (χ0v) is 13.6. The number of esters is 1. The van der Waals surface area contributed by atoms with Crippen molar-refractivity contribution in [3.05, 3.63) is 70.3 Å². The van der Waals surface area contributed by atoms with E-state index < -0.39 is 18.5 Å². The van der Waals surface area contributed by atoms with Gasteiger partial charge in [0.25, 0.3) is 11.5 Å². The van der Waals surface area contributed by atoms with Crippen molar-refractivity contribution in [1.82, 2.24) is 9.97 Å². The molecule has 1 heterocycles. The van der Waals surface area contributed by atoms with Gasteiger partial charge in [0.1, 0.15) is 18.2 Å². The summed E-state index contributed by atoms with van der Waals surface area (Å²) in [5.41, 5.74) is 5.60. The molecule has 0 saturated carbocycles. The lowest BCUT2D eigenvalue weighted by atomic mass is 10.2. The van der Waals surface area contributed by atoms with Gasteiger partial charge in [-0.05, 0) is 24.3 Å². The van der Waals surface area contributed by atoms with Crippen molar-refractivity contribution in [3.8, 4) is 5.75 Å². The van der Waals surface area contributed by atoms with Crippen LogP contribution in [0.1, 0.15) is 16.2 Å². The number of nitrogens with two attached hydrogens (primary N) is 1. The van der Waals surface area contributed by atoms with Crippen LogP contribution in [0.5, 0.6) is 5.75 Å². The maximum absolute atomic E-state index is 12.0. The highest BCUT2D eigenvalue weighted by molar-refractivity contribution is 5.95. The van der Waals surface area contributed by atoms with E-state index >= 15 is 0 Å². The third-order valence-electron chi connectivity index (χ3n) is 3.53. The fraction of sp³-hybridized carbons (Fsp3) is 0.111. The fourth-order valence-electron chi connectivity index (χ4n) is 2.33. The minimum absolute atomic E-state index is 0.167. The summed E-state index contributed by atoms with van der Waals surface area (Å²) in [6, 6.07) is 13.1. The summed E-state index contributed by atoms with van der Waals surface area (Å²) in [5.74, 6) is -0.930. The van der Waals surface area contributed by atoms with Crippen molar-refractivity contribution in [2.24, 2.45) is 5.73 Å². The monoisotopic (exact) mass is 353 g/mol. The molecule has 3 aromatic rings. The van der Waals surface area contributed by atoms with Gasteiger partial charge in [0.05, 0.1) is 16.5 Å². The Morgan fingerprint density at radius 2 is 1.81 bits per heavy atom. The van der Waals surface area contributed by atoms with Crippen molar-refractivity contribution in [1.29, 1.82) is 0 Å². The minimum atomic E-state index is -0.680. The number of hydrogen-bond acceptors (Lipinski definition) is 6. The Hall–Kier alpha value is -3.68. The van der Waals surface area contributed by atoms with Crippen LogP contribution in [-0.4, -0.2) is 28.5 Å². The molecule has 0 fully saturated rings. The third kappa shape index (κ3) is 3.86. The van der Waals surface area contributed by atoms with Crippen molar-refractivity contribution < 1.29 is 19.1 Å². The van der Waals surface area contributed by atoms with Crippen LogP contribution >= 0.6 is 0 Å². The fourth-order valence-corrected chi connectivity index (χ4v) is 2.33.